The Kier molecular flexibility index (Phi) is 3.38. The molecule has 0 aliphatic carbocycles. The van der Waals surface area contributed by atoms with E-state index in [0.717, 1.165) is 11.3 Å². The van der Waals surface area contributed by atoms with Gasteiger partial charge in [-0.25, -0.2) is 0 Å². The predicted octanol–water partition coefficient (Wildman–Crippen LogP) is 0.534. The Balaban J connectivity index is 2.36. The summed E-state index contributed by atoms with van der Waals surface area (Å²) >= 11 is 0. The van der Waals surface area contributed by atoms with Crippen LogP contribution in [0.5, 0.6) is 0 Å². The largest absolute Gasteiger partial charge is 0.352 e. The first kappa shape index (κ1) is 12.0. The molecule has 1 saturated heterocycles. The van der Waals surface area contributed by atoms with E-state index < -0.39 is 10.8 Å². The summed E-state index contributed by atoms with van der Waals surface area (Å²) in [4.78, 5) is 2.00. The van der Waals surface area contributed by atoms with E-state index in [1.807, 2.05) is 18.7 Å². The standard InChI is InChI=1S/C11H14N4OS/c1-8-9(2)13-14-11(10(8)7-12)15-3-5-17(16)6-4-15/h3-6H2,1-2H3. The fraction of sp³-hybridized carbons (Fsp3) is 0.545. The molecule has 6 heteroatoms. The third-order valence-corrected chi connectivity index (χ3v) is 4.30. The number of nitriles is 1. The van der Waals surface area contributed by atoms with Crippen LogP contribution < -0.4 is 4.90 Å². The molecule has 1 fully saturated rings. The summed E-state index contributed by atoms with van der Waals surface area (Å²) in [6, 6.07) is 2.19. The molecule has 5 nitrogen and oxygen atoms in total. The summed E-state index contributed by atoms with van der Waals surface area (Å²) in [5, 5.41) is 17.4. The van der Waals surface area contributed by atoms with Crippen molar-refractivity contribution >= 4 is 16.6 Å². The molecule has 0 spiro atoms. The third-order valence-electron chi connectivity index (χ3n) is 3.03. The van der Waals surface area contributed by atoms with Crippen LogP contribution in [0.25, 0.3) is 0 Å². The molecule has 1 aliphatic rings. The SMILES string of the molecule is Cc1nnc(N2CCS(=O)CC2)c(C#N)c1C. The molecule has 1 aromatic rings. The Morgan fingerprint density at radius 2 is 1.94 bits per heavy atom. The van der Waals surface area contributed by atoms with Gasteiger partial charge in [-0.3, -0.25) is 4.21 Å². The van der Waals surface area contributed by atoms with Gasteiger partial charge in [0.2, 0.25) is 0 Å². The first-order valence-electron chi connectivity index (χ1n) is 5.47. The Morgan fingerprint density at radius 1 is 1.29 bits per heavy atom. The van der Waals surface area contributed by atoms with Crippen LogP contribution in [0.15, 0.2) is 0 Å². The van der Waals surface area contributed by atoms with Crippen LogP contribution in [0.2, 0.25) is 0 Å². The molecule has 1 aromatic heterocycles. The van der Waals surface area contributed by atoms with E-state index in [-0.39, 0.29) is 0 Å². The van der Waals surface area contributed by atoms with E-state index in [4.69, 9.17) is 0 Å². The molecule has 0 unspecified atom stereocenters. The topological polar surface area (TPSA) is 69.9 Å². The van der Waals surface area contributed by atoms with Crippen molar-refractivity contribution in [1.29, 1.82) is 5.26 Å². The zero-order valence-electron chi connectivity index (χ0n) is 9.93. The predicted molar refractivity (Wildman–Crippen MR) is 66.3 cm³/mol. The van der Waals surface area contributed by atoms with Crippen molar-refractivity contribution in [2.45, 2.75) is 13.8 Å². The van der Waals surface area contributed by atoms with Gasteiger partial charge in [0, 0.05) is 35.4 Å². The van der Waals surface area contributed by atoms with Gasteiger partial charge in [0.25, 0.3) is 0 Å². The van der Waals surface area contributed by atoms with Crippen LogP contribution in [0.1, 0.15) is 16.8 Å². The van der Waals surface area contributed by atoms with E-state index in [0.29, 0.717) is 36.0 Å². The fourth-order valence-electron chi connectivity index (χ4n) is 1.80. The molecule has 17 heavy (non-hydrogen) atoms. The monoisotopic (exact) mass is 250 g/mol. The van der Waals surface area contributed by atoms with E-state index in [2.05, 4.69) is 16.3 Å². The zero-order valence-corrected chi connectivity index (χ0v) is 10.8. The molecular formula is C11H14N4OS. The number of anilines is 1. The van der Waals surface area contributed by atoms with Crippen LogP contribution in [0.3, 0.4) is 0 Å². The summed E-state index contributed by atoms with van der Waals surface area (Å²) in [6.07, 6.45) is 0. The van der Waals surface area contributed by atoms with Crippen molar-refractivity contribution in [2.24, 2.45) is 0 Å². The Hall–Kier alpha value is -1.48. The average Bonchev–Trinajstić information content (AvgIpc) is 2.34. The van der Waals surface area contributed by atoms with Crippen molar-refractivity contribution in [2.75, 3.05) is 29.5 Å². The van der Waals surface area contributed by atoms with Gasteiger partial charge in [0.15, 0.2) is 5.82 Å². The molecule has 90 valence electrons. The van der Waals surface area contributed by atoms with Crippen LogP contribution >= 0.6 is 0 Å². The normalized spacial score (nSPS) is 16.9. The third kappa shape index (κ3) is 2.29. The fourth-order valence-corrected chi connectivity index (χ4v) is 2.85. The Labute approximate surface area is 103 Å². The number of rotatable bonds is 1. The minimum atomic E-state index is -0.726. The van der Waals surface area contributed by atoms with Crippen LogP contribution in [0, 0.1) is 25.2 Å². The molecular weight excluding hydrogens is 236 g/mol. The van der Waals surface area contributed by atoms with E-state index in [1.165, 1.54) is 0 Å². The number of aromatic nitrogens is 2. The first-order valence-corrected chi connectivity index (χ1v) is 6.96. The second-order valence-electron chi connectivity index (χ2n) is 4.06. The highest BCUT2D eigenvalue weighted by Crippen LogP contribution is 2.22. The Morgan fingerprint density at radius 3 is 2.53 bits per heavy atom. The molecule has 1 aliphatic heterocycles. The van der Waals surface area contributed by atoms with Gasteiger partial charge < -0.3 is 4.90 Å². The minimum Gasteiger partial charge on any atom is -0.352 e. The van der Waals surface area contributed by atoms with Crippen molar-refractivity contribution < 1.29 is 4.21 Å². The van der Waals surface area contributed by atoms with Crippen LogP contribution in [0.4, 0.5) is 5.82 Å². The van der Waals surface area contributed by atoms with Gasteiger partial charge >= 0.3 is 0 Å². The molecule has 0 radical (unpaired) electrons. The lowest BCUT2D eigenvalue weighted by atomic mass is 10.1. The molecule has 0 saturated carbocycles. The average molecular weight is 250 g/mol. The quantitative estimate of drug-likeness (QED) is 0.727. The van der Waals surface area contributed by atoms with Gasteiger partial charge in [-0.2, -0.15) is 10.4 Å². The molecule has 0 atom stereocenters. The second kappa shape index (κ2) is 4.80. The lowest BCUT2D eigenvalue weighted by Crippen LogP contribution is -2.39. The maximum absolute atomic E-state index is 11.3. The van der Waals surface area contributed by atoms with Crippen LogP contribution in [-0.4, -0.2) is 39.0 Å². The Bertz CT molecular complexity index is 499. The maximum atomic E-state index is 11.3. The van der Waals surface area contributed by atoms with Crippen molar-refractivity contribution in [3.8, 4) is 6.07 Å². The van der Waals surface area contributed by atoms with Gasteiger partial charge in [0.1, 0.15) is 11.6 Å². The molecule has 0 N–H and O–H groups in total. The van der Waals surface area contributed by atoms with E-state index in [1.54, 1.807) is 0 Å². The highest BCUT2D eigenvalue weighted by Gasteiger charge is 2.21. The summed E-state index contributed by atoms with van der Waals surface area (Å²) in [5.41, 5.74) is 2.25. The lowest BCUT2D eigenvalue weighted by Gasteiger charge is -2.27. The maximum Gasteiger partial charge on any atom is 0.169 e. The summed E-state index contributed by atoms with van der Waals surface area (Å²) < 4.78 is 11.3. The van der Waals surface area contributed by atoms with Crippen LogP contribution in [-0.2, 0) is 10.8 Å². The molecule has 2 heterocycles. The lowest BCUT2D eigenvalue weighted by molar-refractivity contribution is 0.671. The van der Waals surface area contributed by atoms with Crippen molar-refractivity contribution in [3.63, 3.8) is 0 Å². The summed E-state index contributed by atoms with van der Waals surface area (Å²) in [7, 11) is -0.726. The smallest absolute Gasteiger partial charge is 0.169 e. The summed E-state index contributed by atoms with van der Waals surface area (Å²) in [6.45, 7) is 5.09. The highest BCUT2D eigenvalue weighted by atomic mass is 32.2. The van der Waals surface area contributed by atoms with Gasteiger partial charge in [0.05, 0.1) is 5.69 Å². The first-order chi connectivity index (χ1) is 8.13. The van der Waals surface area contributed by atoms with E-state index >= 15 is 0 Å². The zero-order chi connectivity index (χ0) is 12.4. The molecule has 0 amide bonds. The molecule has 2 rings (SSSR count). The van der Waals surface area contributed by atoms with Gasteiger partial charge in [-0.15, -0.1) is 5.10 Å². The molecule has 0 aromatic carbocycles. The second-order valence-corrected chi connectivity index (χ2v) is 5.75. The number of aryl methyl sites for hydroxylation is 1. The summed E-state index contributed by atoms with van der Waals surface area (Å²) in [5.74, 6) is 1.91. The van der Waals surface area contributed by atoms with Crippen molar-refractivity contribution in [3.05, 3.63) is 16.8 Å². The minimum absolute atomic E-state index is 0.588. The van der Waals surface area contributed by atoms with Gasteiger partial charge in [-0.1, -0.05) is 0 Å². The number of nitrogens with zero attached hydrogens (tertiary/aromatic N) is 4. The highest BCUT2D eigenvalue weighted by molar-refractivity contribution is 7.85. The van der Waals surface area contributed by atoms with Gasteiger partial charge in [-0.05, 0) is 19.4 Å². The number of hydrogen-bond acceptors (Lipinski definition) is 5. The number of hydrogen-bond donors (Lipinski definition) is 0. The van der Waals surface area contributed by atoms with E-state index in [9.17, 15) is 9.47 Å². The molecule has 0 bridgehead atoms. The van der Waals surface area contributed by atoms with Crippen molar-refractivity contribution in [1.82, 2.24) is 10.2 Å².